The maximum absolute atomic E-state index is 14.5. The highest BCUT2D eigenvalue weighted by atomic mass is 19.1. The quantitative estimate of drug-likeness (QED) is 0.607. The van der Waals surface area contributed by atoms with Crippen LogP contribution in [-0.2, 0) is 15.9 Å². The van der Waals surface area contributed by atoms with Crippen LogP contribution in [0.3, 0.4) is 0 Å². The third-order valence-electron chi connectivity index (χ3n) is 5.18. The first-order chi connectivity index (χ1) is 14.5. The monoisotopic (exact) mass is 416 g/mol. The minimum absolute atomic E-state index is 0.299. The molecule has 0 radical (unpaired) electrons. The topological polar surface area (TPSA) is 68.2 Å². The molecular weight excluding hydrogens is 387 g/mol. The van der Waals surface area contributed by atoms with E-state index < -0.39 is 18.3 Å². The average Bonchev–Trinajstić information content (AvgIpc) is 2.77. The van der Waals surface area contributed by atoms with Crippen LogP contribution in [0.25, 0.3) is 0 Å². The van der Waals surface area contributed by atoms with E-state index in [0.717, 1.165) is 29.7 Å². The summed E-state index contributed by atoms with van der Waals surface area (Å²) in [5.41, 5.74) is 2.23. The van der Waals surface area contributed by atoms with Crippen LogP contribution in [0.4, 0.5) is 4.39 Å². The standard InChI is InChI=1S/C24H29FO5/c1-3-4-11-29-22-14-21(30-23(15-26)24(22)27)17-7-10-20(25)18(13-17)12-16-5-8-19(28-2)9-6-16/h5-10,13-14,21,23-24,26-27H,3-4,11-12,15H2,1-2H3. The molecule has 1 aliphatic heterocycles. The van der Waals surface area contributed by atoms with Gasteiger partial charge >= 0.3 is 0 Å². The van der Waals surface area contributed by atoms with E-state index in [1.165, 1.54) is 6.07 Å². The lowest BCUT2D eigenvalue weighted by molar-refractivity contribution is -0.105. The normalized spacial score (nSPS) is 21.2. The Morgan fingerprint density at radius 3 is 2.57 bits per heavy atom. The Hall–Kier alpha value is -2.41. The number of ether oxygens (including phenoxy) is 3. The zero-order chi connectivity index (χ0) is 21.5. The fourth-order valence-electron chi connectivity index (χ4n) is 3.39. The van der Waals surface area contributed by atoms with Crippen molar-refractivity contribution in [1.82, 2.24) is 0 Å². The molecule has 2 aromatic rings. The maximum Gasteiger partial charge on any atom is 0.139 e. The second kappa shape index (κ2) is 10.6. The summed E-state index contributed by atoms with van der Waals surface area (Å²) >= 11 is 0. The minimum atomic E-state index is -1.03. The second-order valence-corrected chi connectivity index (χ2v) is 7.37. The van der Waals surface area contributed by atoms with Gasteiger partial charge in [0.15, 0.2) is 0 Å². The first-order valence-electron chi connectivity index (χ1n) is 10.3. The van der Waals surface area contributed by atoms with Crippen LogP contribution in [0.1, 0.15) is 42.6 Å². The van der Waals surface area contributed by atoms with Crippen LogP contribution in [-0.4, -0.2) is 42.7 Å². The van der Waals surface area contributed by atoms with Gasteiger partial charge in [-0.25, -0.2) is 4.39 Å². The molecule has 2 N–H and O–H groups in total. The summed E-state index contributed by atoms with van der Waals surface area (Å²) < 4.78 is 31.2. The third-order valence-corrected chi connectivity index (χ3v) is 5.18. The predicted molar refractivity (Wildman–Crippen MR) is 112 cm³/mol. The van der Waals surface area contributed by atoms with Gasteiger partial charge in [0, 0.05) is 6.42 Å². The number of aliphatic hydroxyl groups is 2. The number of aliphatic hydroxyl groups excluding tert-OH is 2. The number of methoxy groups -OCH3 is 1. The molecule has 0 saturated heterocycles. The molecule has 0 aromatic heterocycles. The summed E-state index contributed by atoms with van der Waals surface area (Å²) in [5.74, 6) is 0.838. The third kappa shape index (κ3) is 5.39. The number of hydrogen-bond acceptors (Lipinski definition) is 5. The highest BCUT2D eigenvalue weighted by molar-refractivity contribution is 5.36. The van der Waals surface area contributed by atoms with Crippen LogP contribution in [0.15, 0.2) is 54.3 Å². The van der Waals surface area contributed by atoms with E-state index in [1.807, 2.05) is 24.3 Å². The number of benzene rings is 2. The predicted octanol–water partition coefficient (Wildman–Crippen LogP) is 3.92. The lowest BCUT2D eigenvalue weighted by Crippen LogP contribution is -2.39. The summed E-state index contributed by atoms with van der Waals surface area (Å²) in [7, 11) is 1.60. The fraction of sp³-hybridized carbons (Fsp3) is 0.417. The van der Waals surface area contributed by atoms with E-state index in [-0.39, 0.29) is 12.4 Å². The van der Waals surface area contributed by atoms with E-state index in [2.05, 4.69) is 6.92 Å². The summed E-state index contributed by atoms with van der Waals surface area (Å²) in [5, 5.41) is 20.0. The number of unbranched alkanes of at least 4 members (excludes halogenated alkanes) is 1. The summed E-state index contributed by atoms with van der Waals surface area (Å²) in [6.45, 7) is 2.20. The fourth-order valence-corrected chi connectivity index (χ4v) is 3.39. The molecule has 5 nitrogen and oxygen atoms in total. The Morgan fingerprint density at radius 1 is 1.13 bits per heavy atom. The van der Waals surface area contributed by atoms with E-state index in [1.54, 1.807) is 25.3 Å². The average molecular weight is 416 g/mol. The van der Waals surface area contributed by atoms with Crippen LogP contribution >= 0.6 is 0 Å². The molecule has 3 atom stereocenters. The van der Waals surface area contributed by atoms with E-state index in [4.69, 9.17) is 14.2 Å². The first-order valence-corrected chi connectivity index (χ1v) is 10.3. The molecule has 0 bridgehead atoms. The molecule has 1 heterocycles. The highest BCUT2D eigenvalue weighted by Crippen LogP contribution is 2.32. The second-order valence-electron chi connectivity index (χ2n) is 7.37. The van der Waals surface area contributed by atoms with Crippen molar-refractivity contribution in [3.63, 3.8) is 0 Å². The van der Waals surface area contributed by atoms with Gasteiger partial charge in [0.05, 0.1) is 20.3 Å². The Morgan fingerprint density at radius 2 is 1.90 bits per heavy atom. The van der Waals surface area contributed by atoms with Crippen molar-refractivity contribution in [1.29, 1.82) is 0 Å². The summed E-state index contributed by atoms with van der Waals surface area (Å²) in [6, 6.07) is 12.3. The molecule has 2 aromatic carbocycles. The van der Waals surface area contributed by atoms with Crippen molar-refractivity contribution in [2.24, 2.45) is 0 Å². The lowest BCUT2D eigenvalue weighted by atomic mass is 9.97. The molecule has 1 aliphatic rings. The van der Waals surface area contributed by atoms with Crippen LogP contribution < -0.4 is 4.74 Å². The summed E-state index contributed by atoms with van der Waals surface area (Å²) in [4.78, 5) is 0. The molecule has 6 heteroatoms. The van der Waals surface area contributed by atoms with Crippen LogP contribution in [0, 0.1) is 5.82 Å². The molecule has 0 saturated carbocycles. The smallest absolute Gasteiger partial charge is 0.139 e. The van der Waals surface area contributed by atoms with E-state index in [0.29, 0.717) is 24.4 Å². The van der Waals surface area contributed by atoms with Gasteiger partial charge in [-0.2, -0.15) is 0 Å². The van der Waals surface area contributed by atoms with Crippen molar-refractivity contribution in [3.05, 3.63) is 76.8 Å². The van der Waals surface area contributed by atoms with E-state index in [9.17, 15) is 14.6 Å². The van der Waals surface area contributed by atoms with Gasteiger partial charge in [0.25, 0.3) is 0 Å². The van der Waals surface area contributed by atoms with Crippen molar-refractivity contribution in [3.8, 4) is 5.75 Å². The molecule has 0 spiro atoms. The molecule has 162 valence electrons. The molecule has 30 heavy (non-hydrogen) atoms. The lowest BCUT2D eigenvalue weighted by Gasteiger charge is -2.32. The summed E-state index contributed by atoms with van der Waals surface area (Å²) in [6.07, 6.45) is 1.59. The zero-order valence-corrected chi connectivity index (χ0v) is 17.4. The van der Waals surface area contributed by atoms with Crippen LogP contribution in [0.2, 0.25) is 0 Å². The van der Waals surface area contributed by atoms with Gasteiger partial charge in [-0.3, -0.25) is 0 Å². The van der Waals surface area contributed by atoms with Gasteiger partial charge < -0.3 is 24.4 Å². The highest BCUT2D eigenvalue weighted by Gasteiger charge is 2.33. The van der Waals surface area contributed by atoms with Gasteiger partial charge in [0.2, 0.25) is 0 Å². The Labute approximate surface area is 176 Å². The number of hydrogen-bond donors (Lipinski definition) is 2. The van der Waals surface area contributed by atoms with Crippen molar-refractivity contribution >= 4 is 0 Å². The van der Waals surface area contributed by atoms with Gasteiger partial charge in [-0.05, 0) is 53.5 Å². The van der Waals surface area contributed by atoms with Gasteiger partial charge in [-0.1, -0.05) is 31.5 Å². The van der Waals surface area contributed by atoms with Crippen molar-refractivity contribution in [2.75, 3.05) is 20.3 Å². The largest absolute Gasteiger partial charge is 0.497 e. The molecular formula is C24H29FO5. The Kier molecular flexibility index (Phi) is 7.85. The molecule has 3 rings (SSSR count). The number of halogens is 1. The molecule has 0 amide bonds. The number of rotatable bonds is 9. The molecule has 0 fully saturated rings. The van der Waals surface area contributed by atoms with E-state index >= 15 is 0 Å². The Balaban J connectivity index is 1.83. The van der Waals surface area contributed by atoms with Crippen molar-refractivity contribution in [2.45, 2.75) is 44.5 Å². The Bertz CT molecular complexity index is 849. The molecule has 3 unspecified atom stereocenters. The molecule has 0 aliphatic carbocycles. The van der Waals surface area contributed by atoms with Gasteiger partial charge in [-0.15, -0.1) is 0 Å². The maximum atomic E-state index is 14.5. The zero-order valence-electron chi connectivity index (χ0n) is 17.4. The first kappa shape index (κ1) is 22.3. The van der Waals surface area contributed by atoms with Crippen LogP contribution in [0.5, 0.6) is 5.75 Å². The SMILES string of the molecule is CCCCOC1=CC(c2ccc(F)c(Cc3ccc(OC)cc3)c2)OC(CO)C1O. The minimum Gasteiger partial charge on any atom is -0.497 e. The van der Waals surface area contributed by atoms with Gasteiger partial charge in [0.1, 0.15) is 35.6 Å². The van der Waals surface area contributed by atoms with Crippen molar-refractivity contribution < 1.29 is 28.8 Å².